The quantitative estimate of drug-likeness (QED) is 0.669. The van der Waals surface area contributed by atoms with E-state index in [0.29, 0.717) is 16.3 Å². The molecule has 0 aliphatic carbocycles. The van der Waals surface area contributed by atoms with Crippen molar-refractivity contribution in [2.45, 2.75) is 6.54 Å². The molecule has 0 saturated carbocycles. The molecule has 0 heterocycles. The summed E-state index contributed by atoms with van der Waals surface area (Å²) >= 11 is 6.08. The zero-order valence-corrected chi connectivity index (χ0v) is 11.9. The topological polar surface area (TPSA) is 64.4 Å². The smallest absolute Gasteiger partial charge is 0.292 e. The van der Waals surface area contributed by atoms with Gasteiger partial charge < -0.3 is 10.1 Å². The van der Waals surface area contributed by atoms with Gasteiger partial charge in [0.25, 0.3) is 5.69 Å². The Kier molecular flexibility index (Phi) is 4.59. The van der Waals surface area contributed by atoms with Crippen LogP contribution in [0.1, 0.15) is 5.56 Å². The van der Waals surface area contributed by atoms with Crippen molar-refractivity contribution in [2.24, 2.45) is 0 Å². The average Bonchev–Trinajstić information content (AvgIpc) is 2.45. The predicted molar refractivity (Wildman–Crippen MR) is 78.4 cm³/mol. The maximum absolute atomic E-state index is 13.2. The van der Waals surface area contributed by atoms with Gasteiger partial charge in [0.05, 0.1) is 12.0 Å². The molecule has 0 spiro atoms. The SMILES string of the molecule is COc1cccc(Cl)c1CNc1cc(F)ccc1[N+](=O)[O-]. The van der Waals surface area contributed by atoms with Crippen LogP contribution in [0.5, 0.6) is 5.75 Å². The number of rotatable bonds is 5. The Morgan fingerprint density at radius 2 is 2.14 bits per heavy atom. The van der Waals surface area contributed by atoms with Gasteiger partial charge in [-0.25, -0.2) is 4.39 Å². The minimum Gasteiger partial charge on any atom is -0.496 e. The largest absolute Gasteiger partial charge is 0.496 e. The number of methoxy groups -OCH3 is 1. The Balaban J connectivity index is 2.28. The van der Waals surface area contributed by atoms with Gasteiger partial charge in [-0.3, -0.25) is 10.1 Å². The lowest BCUT2D eigenvalue weighted by Gasteiger charge is -2.12. The first-order valence-corrected chi connectivity index (χ1v) is 6.40. The molecule has 0 aliphatic heterocycles. The fraction of sp³-hybridized carbons (Fsp3) is 0.143. The lowest BCUT2D eigenvalue weighted by Crippen LogP contribution is -2.05. The number of hydrogen-bond acceptors (Lipinski definition) is 4. The van der Waals surface area contributed by atoms with E-state index in [2.05, 4.69) is 5.32 Å². The fourth-order valence-electron chi connectivity index (χ4n) is 1.89. The van der Waals surface area contributed by atoms with Crippen molar-refractivity contribution in [3.8, 4) is 5.75 Å². The van der Waals surface area contributed by atoms with Crippen LogP contribution in [-0.2, 0) is 6.54 Å². The summed E-state index contributed by atoms with van der Waals surface area (Å²) < 4.78 is 18.4. The summed E-state index contributed by atoms with van der Waals surface area (Å²) in [6.45, 7) is 0.174. The van der Waals surface area contributed by atoms with Crippen molar-refractivity contribution in [1.82, 2.24) is 0 Å². The maximum atomic E-state index is 13.2. The Labute approximate surface area is 125 Å². The van der Waals surface area contributed by atoms with Crippen molar-refractivity contribution >= 4 is 23.0 Å². The second-order valence-corrected chi connectivity index (χ2v) is 4.60. The summed E-state index contributed by atoms with van der Waals surface area (Å²) in [5, 5.41) is 14.2. The van der Waals surface area contributed by atoms with Crippen molar-refractivity contribution in [3.05, 3.63) is 62.9 Å². The summed E-state index contributed by atoms with van der Waals surface area (Å²) in [7, 11) is 1.50. The molecular formula is C14H12ClFN2O3. The first-order valence-electron chi connectivity index (χ1n) is 6.02. The van der Waals surface area contributed by atoms with Crippen LogP contribution in [0.2, 0.25) is 5.02 Å². The number of nitro groups is 1. The number of nitrogens with zero attached hydrogens (tertiary/aromatic N) is 1. The van der Waals surface area contributed by atoms with Gasteiger partial charge in [-0.1, -0.05) is 17.7 Å². The Bertz CT molecular complexity index is 679. The van der Waals surface area contributed by atoms with Crippen LogP contribution >= 0.6 is 11.6 Å². The number of nitro benzene ring substituents is 1. The highest BCUT2D eigenvalue weighted by Crippen LogP contribution is 2.30. The molecule has 2 aromatic carbocycles. The van der Waals surface area contributed by atoms with E-state index in [9.17, 15) is 14.5 Å². The van der Waals surface area contributed by atoms with Gasteiger partial charge in [-0.05, 0) is 18.2 Å². The van der Waals surface area contributed by atoms with E-state index in [1.165, 1.54) is 7.11 Å². The van der Waals surface area contributed by atoms with Crippen molar-refractivity contribution < 1.29 is 14.1 Å². The summed E-state index contributed by atoms with van der Waals surface area (Å²) in [4.78, 5) is 10.3. The second kappa shape index (κ2) is 6.41. The highest BCUT2D eigenvalue weighted by atomic mass is 35.5. The Morgan fingerprint density at radius 1 is 1.38 bits per heavy atom. The number of ether oxygens (including phenoxy) is 1. The molecule has 0 unspecified atom stereocenters. The molecule has 0 amide bonds. The standard InChI is InChI=1S/C14H12ClFN2O3/c1-21-14-4-2-3-11(15)10(14)8-17-12-7-9(16)5-6-13(12)18(19)20/h2-7,17H,8H2,1H3. The molecule has 110 valence electrons. The van der Waals surface area contributed by atoms with E-state index in [0.717, 1.165) is 18.2 Å². The average molecular weight is 311 g/mol. The molecule has 0 radical (unpaired) electrons. The minimum absolute atomic E-state index is 0.0852. The van der Waals surface area contributed by atoms with E-state index in [1.807, 2.05) is 0 Å². The lowest BCUT2D eigenvalue weighted by molar-refractivity contribution is -0.384. The third kappa shape index (κ3) is 3.41. The first kappa shape index (κ1) is 15.1. The van der Waals surface area contributed by atoms with E-state index >= 15 is 0 Å². The molecule has 1 N–H and O–H groups in total. The van der Waals surface area contributed by atoms with Crippen LogP contribution in [0.4, 0.5) is 15.8 Å². The lowest BCUT2D eigenvalue weighted by atomic mass is 10.2. The van der Waals surface area contributed by atoms with E-state index in [4.69, 9.17) is 16.3 Å². The van der Waals surface area contributed by atoms with Gasteiger partial charge in [-0.2, -0.15) is 0 Å². The van der Waals surface area contributed by atoms with Gasteiger partial charge in [0.15, 0.2) is 0 Å². The van der Waals surface area contributed by atoms with Gasteiger partial charge in [-0.15, -0.1) is 0 Å². The number of nitrogens with one attached hydrogen (secondary N) is 1. The second-order valence-electron chi connectivity index (χ2n) is 4.19. The molecule has 7 heteroatoms. The Hall–Kier alpha value is -2.34. The number of halogens is 2. The molecule has 0 bridgehead atoms. The molecule has 0 aliphatic rings. The summed E-state index contributed by atoms with van der Waals surface area (Å²) in [5.41, 5.74) is 0.518. The third-order valence-electron chi connectivity index (χ3n) is 2.91. The fourth-order valence-corrected chi connectivity index (χ4v) is 2.13. The number of benzene rings is 2. The highest BCUT2D eigenvalue weighted by Gasteiger charge is 2.15. The molecule has 0 fully saturated rings. The zero-order valence-electron chi connectivity index (χ0n) is 11.1. The van der Waals surface area contributed by atoms with Gasteiger partial charge in [0, 0.05) is 29.3 Å². The van der Waals surface area contributed by atoms with Crippen LogP contribution in [0, 0.1) is 15.9 Å². The van der Waals surface area contributed by atoms with Gasteiger partial charge in [0.1, 0.15) is 17.3 Å². The summed E-state index contributed by atoms with van der Waals surface area (Å²) in [6.07, 6.45) is 0. The van der Waals surface area contributed by atoms with Crippen LogP contribution < -0.4 is 10.1 Å². The van der Waals surface area contributed by atoms with Gasteiger partial charge in [0.2, 0.25) is 0 Å². The zero-order chi connectivity index (χ0) is 15.4. The monoisotopic (exact) mass is 310 g/mol. The number of anilines is 1. The molecule has 5 nitrogen and oxygen atoms in total. The number of hydrogen-bond donors (Lipinski definition) is 1. The van der Waals surface area contributed by atoms with Gasteiger partial charge >= 0.3 is 0 Å². The molecule has 2 rings (SSSR count). The van der Waals surface area contributed by atoms with Crippen molar-refractivity contribution in [3.63, 3.8) is 0 Å². The van der Waals surface area contributed by atoms with Crippen molar-refractivity contribution in [2.75, 3.05) is 12.4 Å². The summed E-state index contributed by atoms with van der Waals surface area (Å²) in [5.74, 6) is -0.0109. The summed E-state index contributed by atoms with van der Waals surface area (Å²) in [6, 6.07) is 8.36. The molecule has 21 heavy (non-hydrogen) atoms. The molecule has 0 atom stereocenters. The highest BCUT2D eigenvalue weighted by molar-refractivity contribution is 6.31. The molecule has 2 aromatic rings. The molecule has 0 aromatic heterocycles. The minimum atomic E-state index is -0.578. The normalized spacial score (nSPS) is 10.2. The van der Waals surface area contributed by atoms with E-state index < -0.39 is 10.7 Å². The maximum Gasteiger partial charge on any atom is 0.292 e. The van der Waals surface area contributed by atoms with Crippen LogP contribution in [0.15, 0.2) is 36.4 Å². The Morgan fingerprint density at radius 3 is 2.81 bits per heavy atom. The van der Waals surface area contributed by atoms with E-state index in [1.54, 1.807) is 18.2 Å². The molecule has 0 saturated heterocycles. The predicted octanol–water partition coefficient (Wildman–Crippen LogP) is 4.01. The van der Waals surface area contributed by atoms with Crippen LogP contribution in [-0.4, -0.2) is 12.0 Å². The molecular weight excluding hydrogens is 299 g/mol. The third-order valence-corrected chi connectivity index (χ3v) is 3.26. The van der Waals surface area contributed by atoms with E-state index in [-0.39, 0.29) is 17.9 Å². The first-order chi connectivity index (χ1) is 10.0. The van der Waals surface area contributed by atoms with Crippen molar-refractivity contribution in [1.29, 1.82) is 0 Å². The van der Waals surface area contributed by atoms with Crippen LogP contribution in [0.3, 0.4) is 0 Å². The van der Waals surface area contributed by atoms with Crippen LogP contribution in [0.25, 0.3) is 0 Å².